The highest BCUT2D eigenvalue weighted by Gasteiger charge is 2.31. The van der Waals surface area contributed by atoms with Crippen LogP contribution in [0.3, 0.4) is 0 Å². The first-order valence-corrected chi connectivity index (χ1v) is 7.98. The van der Waals surface area contributed by atoms with Gasteiger partial charge in [-0.2, -0.15) is 0 Å². The van der Waals surface area contributed by atoms with Gasteiger partial charge in [-0.15, -0.1) is 0 Å². The van der Waals surface area contributed by atoms with Crippen molar-refractivity contribution in [2.75, 3.05) is 11.9 Å². The van der Waals surface area contributed by atoms with E-state index < -0.39 is 5.92 Å². The number of aliphatic hydroxyl groups excluding tert-OH is 1. The summed E-state index contributed by atoms with van der Waals surface area (Å²) >= 11 is 0. The Kier molecular flexibility index (Phi) is 4.43. The maximum absolute atomic E-state index is 12.5. The minimum absolute atomic E-state index is 0.0950. The van der Waals surface area contributed by atoms with E-state index in [-0.39, 0.29) is 24.3 Å². The van der Waals surface area contributed by atoms with E-state index in [4.69, 9.17) is 0 Å². The minimum Gasteiger partial charge on any atom is -0.393 e. The molecule has 3 atom stereocenters. The van der Waals surface area contributed by atoms with Gasteiger partial charge in [0, 0.05) is 18.7 Å². The molecule has 1 aromatic rings. The van der Waals surface area contributed by atoms with Crippen LogP contribution in [0.15, 0.2) is 24.3 Å². The van der Waals surface area contributed by atoms with E-state index in [0.29, 0.717) is 12.5 Å². The molecule has 1 aromatic carbocycles. The van der Waals surface area contributed by atoms with Crippen LogP contribution in [0.4, 0.5) is 5.69 Å². The number of benzene rings is 1. The lowest BCUT2D eigenvalue weighted by Gasteiger charge is -2.28. The van der Waals surface area contributed by atoms with Gasteiger partial charge in [-0.1, -0.05) is 24.6 Å². The Balaban J connectivity index is 1.64. The molecule has 3 rings (SSSR count). The molecule has 2 aliphatic rings. The summed E-state index contributed by atoms with van der Waals surface area (Å²) < 4.78 is 0. The Bertz CT molecular complexity index is 573. The fourth-order valence-electron chi connectivity index (χ4n) is 3.46. The number of hydrogen-bond acceptors (Lipinski definition) is 3. The van der Waals surface area contributed by atoms with Crippen molar-refractivity contribution >= 4 is 17.5 Å². The number of nitrogens with one attached hydrogen (secondary N) is 2. The summed E-state index contributed by atoms with van der Waals surface area (Å²) in [5.41, 5.74) is 1.61. The molecule has 1 saturated carbocycles. The predicted molar refractivity (Wildman–Crippen MR) is 83.4 cm³/mol. The number of para-hydroxylation sites is 1. The van der Waals surface area contributed by atoms with Gasteiger partial charge in [-0.25, -0.2) is 0 Å². The maximum atomic E-state index is 12.5. The molecule has 1 fully saturated rings. The van der Waals surface area contributed by atoms with Gasteiger partial charge in [0.15, 0.2) is 0 Å². The normalized spacial score (nSPS) is 27.7. The van der Waals surface area contributed by atoms with E-state index in [1.54, 1.807) is 0 Å². The SMILES string of the molecule is O=C1CC(C(=O)NCC2CCCC(O)C2)c2ccccc2N1. The molecule has 22 heavy (non-hydrogen) atoms. The van der Waals surface area contributed by atoms with Crippen LogP contribution < -0.4 is 10.6 Å². The third-order valence-corrected chi connectivity index (χ3v) is 4.64. The van der Waals surface area contributed by atoms with E-state index in [1.165, 1.54) is 0 Å². The zero-order valence-corrected chi connectivity index (χ0v) is 12.5. The first-order valence-electron chi connectivity index (χ1n) is 7.98. The van der Waals surface area contributed by atoms with Gasteiger partial charge >= 0.3 is 0 Å². The number of rotatable bonds is 3. The second-order valence-corrected chi connectivity index (χ2v) is 6.32. The lowest BCUT2D eigenvalue weighted by molar-refractivity contribution is -0.126. The van der Waals surface area contributed by atoms with Crippen LogP contribution in [0.25, 0.3) is 0 Å². The van der Waals surface area contributed by atoms with Crippen molar-refractivity contribution in [3.8, 4) is 0 Å². The third-order valence-electron chi connectivity index (χ3n) is 4.64. The average molecular weight is 302 g/mol. The highest BCUT2D eigenvalue weighted by atomic mass is 16.3. The summed E-state index contributed by atoms with van der Waals surface area (Å²) in [5.74, 6) is -0.298. The summed E-state index contributed by atoms with van der Waals surface area (Å²) in [6.07, 6.45) is 3.62. The van der Waals surface area contributed by atoms with Gasteiger partial charge in [0.05, 0.1) is 12.0 Å². The fourth-order valence-corrected chi connectivity index (χ4v) is 3.46. The number of aliphatic hydroxyl groups is 1. The van der Waals surface area contributed by atoms with Crippen LogP contribution in [0.1, 0.15) is 43.6 Å². The molecular weight excluding hydrogens is 280 g/mol. The van der Waals surface area contributed by atoms with Crippen LogP contribution in [0.5, 0.6) is 0 Å². The van der Waals surface area contributed by atoms with Crippen molar-refractivity contribution in [2.24, 2.45) is 5.92 Å². The number of fused-ring (bicyclic) bond motifs is 1. The van der Waals surface area contributed by atoms with Gasteiger partial charge in [-0.05, 0) is 36.8 Å². The molecule has 0 bridgehead atoms. The quantitative estimate of drug-likeness (QED) is 0.796. The second kappa shape index (κ2) is 6.48. The van der Waals surface area contributed by atoms with E-state index in [2.05, 4.69) is 10.6 Å². The number of carbonyl (C=O) groups excluding carboxylic acids is 2. The van der Waals surface area contributed by atoms with Crippen molar-refractivity contribution in [3.05, 3.63) is 29.8 Å². The lowest BCUT2D eigenvalue weighted by Crippen LogP contribution is -2.38. The van der Waals surface area contributed by atoms with Gasteiger partial charge in [0.1, 0.15) is 0 Å². The molecule has 0 saturated heterocycles. The van der Waals surface area contributed by atoms with E-state index in [1.807, 2.05) is 24.3 Å². The van der Waals surface area contributed by atoms with Gasteiger partial charge in [0.2, 0.25) is 11.8 Å². The van der Waals surface area contributed by atoms with Crippen LogP contribution in [0.2, 0.25) is 0 Å². The highest BCUT2D eigenvalue weighted by molar-refractivity contribution is 6.01. The molecule has 118 valence electrons. The molecule has 0 spiro atoms. The summed E-state index contributed by atoms with van der Waals surface area (Å²) in [6.45, 7) is 0.580. The summed E-state index contributed by atoms with van der Waals surface area (Å²) in [5, 5.41) is 15.5. The second-order valence-electron chi connectivity index (χ2n) is 6.32. The topological polar surface area (TPSA) is 78.4 Å². The van der Waals surface area contributed by atoms with E-state index >= 15 is 0 Å². The number of hydrogen-bond donors (Lipinski definition) is 3. The molecule has 3 N–H and O–H groups in total. The Labute approximate surface area is 130 Å². The number of carbonyl (C=O) groups is 2. The van der Waals surface area contributed by atoms with Crippen LogP contribution >= 0.6 is 0 Å². The van der Waals surface area contributed by atoms with Crippen molar-refractivity contribution in [1.82, 2.24) is 5.32 Å². The Morgan fingerprint density at radius 3 is 2.95 bits per heavy atom. The molecule has 1 aliphatic heterocycles. The van der Waals surface area contributed by atoms with Crippen molar-refractivity contribution < 1.29 is 14.7 Å². The number of anilines is 1. The molecule has 1 heterocycles. The standard InChI is InChI=1S/C17H22N2O3/c20-12-5-3-4-11(8-12)10-18-17(22)14-9-16(21)19-15-7-2-1-6-13(14)15/h1-2,6-7,11-12,14,20H,3-5,8-10H2,(H,18,22)(H,19,21). The van der Waals surface area contributed by atoms with Gasteiger partial charge < -0.3 is 15.7 Å². The Hall–Kier alpha value is -1.88. The smallest absolute Gasteiger partial charge is 0.228 e. The molecule has 0 radical (unpaired) electrons. The van der Waals surface area contributed by atoms with Gasteiger partial charge in [0.25, 0.3) is 0 Å². The first-order chi connectivity index (χ1) is 10.6. The van der Waals surface area contributed by atoms with Crippen molar-refractivity contribution in [2.45, 2.75) is 44.1 Å². The largest absolute Gasteiger partial charge is 0.393 e. The highest BCUT2D eigenvalue weighted by Crippen LogP contribution is 2.32. The zero-order chi connectivity index (χ0) is 15.5. The lowest BCUT2D eigenvalue weighted by atomic mass is 9.86. The molecule has 5 heteroatoms. The zero-order valence-electron chi connectivity index (χ0n) is 12.5. The average Bonchev–Trinajstić information content (AvgIpc) is 2.52. The summed E-state index contributed by atoms with van der Waals surface area (Å²) in [4.78, 5) is 24.2. The molecule has 0 aromatic heterocycles. The van der Waals surface area contributed by atoms with Crippen LogP contribution in [-0.4, -0.2) is 29.6 Å². The molecule has 5 nitrogen and oxygen atoms in total. The summed E-state index contributed by atoms with van der Waals surface area (Å²) in [7, 11) is 0. The van der Waals surface area contributed by atoms with Crippen molar-refractivity contribution in [1.29, 1.82) is 0 Å². The van der Waals surface area contributed by atoms with E-state index in [9.17, 15) is 14.7 Å². The third kappa shape index (κ3) is 3.30. The molecule has 2 amide bonds. The molecular formula is C17H22N2O3. The maximum Gasteiger partial charge on any atom is 0.228 e. The summed E-state index contributed by atoms with van der Waals surface area (Å²) in [6, 6.07) is 7.45. The Morgan fingerprint density at radius 1 is 1.32 bits per heavy atom. The molecule has 1 aliphatic carbocycles. The predicted octanol–water partition coefficient (Wildman–Crippen LogP) is 1.78. The van der Waals surface area contributed by atoms with Crippen LogP contribution in [-0.2, 0) is 9.59 Å². The van der Waals surface area contributed by atoms with Crippen LogP contribution in [0, 0.1) is 5.92 Å². The van der Waals surface area contributed by atoms with E-state index in [0.717, 1.165) is 36.9 Å². The van der Waals surface area contributed by atoms with Crippen molar-refractivity contribution in [3.63, 3.8) is 0 Å². The Morgan fingerprint density at radius 2 is 2.14 bits per heavy atom. The monoisotopic (exact) mass is 302 g/mol. The first kappa shape index (κ1) is 15.0. The minimum atomic E-state index is -0.418. The molecule has 3 unspecified atom stereocenters. The fraction of sp³-hybridized carbons (Fsp3) is 0.529. The number of amides is 2. The van der Waals surface area contributed by atoms with Gasteiger partial charge in [-0.3, -0.25) is 9.59 Å².